The molecule has 1 heterocycles. The van der Waals surface area contributed by atoms with Gasteiger partial charge < -0.3 is 10.1 Å². The molecule has 0 spiro atoms. The molecule has 2 rings (SSSR count). The van der Waals surface area contributed by atoms with E-state index in [4.69, 9.17) is 4.74 Å². The number of hydrogen-bond donors (Lipinski definition) is 1. The standard InChI is InChI=1S/C20H30N2O2/c1-4-11-22-14-18(17-8-6-16(5-2)7-9-17)13-19(15-22)20(23)21-10-12-24-3/h4,6-9,18-19H,1,5,10-15H2,2-3H3,(H,21,23). The smallest absolute Gasteiger partial charge is 0.224 e. The molecule has 4 nitrogen and oxygen atoms in total. The Morgan fingerprint density at radius 3 is 2.75 bits per heavy atom. The quantitative estimate of drug-likeness (QED) is 0.588. The molecule has 0 aliphatic carbocycles. The minimum atomic E-state index is 0.0198. The zero-order valence-electron chi connectivity index (χ0n) is 15.0. The van der Waals surface area contributed by atoms with Gasteiger partial charge in [0.25, 0.3) is 0 Å². The van der Waals surface area contributed by atoms with Gasteiger partial charge in [-0.25, -0.2) is 0 Å². The van der Waals surface area contributed by atoms with Gasteiger partial charge >= 0.3 is 0 Å². The molecule has 1 aromatic rings. The minimum absolute atomic E-state index is 0.0198. The molecule has 1 aliphatic heterocycles. The maximum absolute atomic E-state index is 12.5. The van der Waals surface area contributed by atoms with Crippen LogP contribution in [0.3, 0.4) is 0 Å². The highest BCUT2D eigenvalue weighted by molar-refractivity contribution is 5.79. The fraction of sp³-hybridized carbons (Fsp3) is 0.550. The number of carbonyl (C=O) groups is 1. The number of aryl methyl sites for hydroxylation is 1. The highest BCUT2D eigenvalue weighted by Crippen LogP contribution is 2.30. The fourth-order valence-corrected chi connectivity index (χ4v) is 3.40. The number of amides is 1. The van der Waals surface area contributed by atoms with Gasteiger partial charge in [-0.05, 0) is 29.9 Å². The first-order valence-corrected chi connectivity index (χ1v) is 8.86. The molecule has 132 valence electrons. The summed E-state index contributed by atoms with van der Waals surface area (Å²) < 4.78 is 5.01. The molecule has 1 aromatic carbocycles. The van der Waals surface area contributed by atoms with E-state index >= 15 is 0 Å². The summed E-state index contributed by atoms with van der Waals surface area (Å²) in [6, 6.07) is 8.85. The molecule has 0 bridgehead atoms. The Balaban J connectivity index is 2.06. The van der Waals surface area contributed by atoms with Crippen LogP contribution in [0.1, 0.15) is 30.4 Å². The monoisotopic (exact) mass is 330 g/mol. The first kappa shape index (κ1) is 18.7. The Morgan fingerprint density at radius 2 is 2.12 bits per heavy atom. The second-order valence-corrected chi connectivity index (χ2v) is 6.52. The summed E-state index contributed by atoms with van der Waals surface area (Å²) in [6.45, 7) is 9.75. The maximum Gasteiger partial charge on any atom is 0.224 e. The second-order valence-electron chi connectivity index (χ2n) is 6.52. The third-order valence-corrected chi connectivity index (χ3v) is 4.75. The Labute approximate surface area is 145 Å². The Bertz CT molecular complexity index is 527. The van der Waals surface area contributed by atoms with Crippen LogP contribution in [0.25, 0.3) is 0 Å². The maximum atomic E-state index is 12.5. The van der Waals surface area contributed by atoms with Crippen molar-refractivity contribution in [2.75, 3.05) is 39.9 Å². The minimum Gasteiger partial charge on any atom is -0.383 e. The van der Waals surface area contributed by atoms with Crippen molar-refractivity contribution in [3.05, 3.63) is 48.0 Å². The van der Waals surface area contributed by atoms with Crippen LogP contribution in [-0.4, -0.2) is 50.7 Å². The van der Waals surface area contributed by atoms with Gasteiger partial charge in [0.1, 0.15) is 0 Å². The first-order valence-electron chi connectivity index (χ1n) is 8.86. The van der Waals surface area contributed by atoms with Gasteiger partial charge in [0.15, 0.2) is 0 Å². The molecule has 4 heteroatoms. The lowest BCUT2D eigenvalue weighted by atomic mass is 9.83. The van der Waals surface area contributed by atoms with Gasteiger partial charge in [-0.2, -0.15) is 0 Å². The Morgan fingerprint density at radius 1 is 1.38 bits per heavy atom. The van der Waals surface area contributed by atoms with E-state index in [1.807, 2.05) is 6.08 Å². The van der Waals surface area contributed by atoms with Gasteiger partial charge in [-0.3, -0.25) is 9.69 Å². The number of rotatable bonds is 8. The van der Waals surface area contributed by atoms with Crippen molar-refractivity contribution in [3.63, 3.8) is 0 Å². The van der Waals surface area contributed by atoms with Crippen LogP contribution >= 0.6 is 0 Å². The molecular formula is C20H30N2O2. The zero-order chi connectivity index (χ0) is 17.4. The number of nitrogens with zero attached hydrogens (tertiary/aromatic N) is 1. The van der Waals surface area contributed by atoms with Crippen molar-refractivity contribution in [3.8, 4) is 0 Å². The van der Waals surface area contributed by atoms with Crippen LogP contribution in [0, 0.1) is 5.92 Å². The number of piperidine rings is 1. The molecule has 2 unspecified atom stereocenters. The average Bonchev–Trinajstić information content (AvgIpc) is 2.62. The summed E-state index contributed by atoms with van der Waals surface area (Å²) in [4.78, 5) is 14.8. The molecule has 24 heavy (non-hydrogen) atoms. The third kappa shape index (κ3) is 5.18. The molecule has 1 fully saturated rings. The van der Waals surface area contributed by atoms with E-state index in [-0.39, 0.29) is 11.8 Å². The predicted octanol–water partition coefficient (Wildman–Crippen LogP) is 2.60. The molecule has 1 N–H and O–H groups in total. The third-order valence-electron chi connectivity index (χ3n) is 4.75. The highest BCUT2D eigenvalue weighted by atomic mass is 16.5. The van der Waals surface area contributed by atoms with Gasteiger partial charge in [-0.15, -0.1) is 6.58 Å². The van der Waals surface area contributed by atoms with Crippen LogP contribution in [0.5, 0.6) is 0 Å². The van der Waals surface area contributed by atoms with Gasteiger partial charge in [0, 0.05) is 33.3 Å². The summed E-state index contributed by atoms with van der Waals surface area (Å²) in [6.07, 6.45) is 3.87. The molecule has 1 amide bonds. The molecule has 0 saturated carbocycles. The first-order chi connectivity index (χ1) is 11.7. The number of benzene rings is 1. The molecular weight excluding hydrogens is 300 g/mol. The summed E-state index contributed by atoms with van der Waals surface area (Å²) in [5, 5.41) is 2.99. The second kappa shape index (κ2) is 9.60. The number of ether oxygens (including phenoxy) is 1. The van der Waals surface area contributed by atoms with Crippen LogP contribution < -0.4 is 5.32 Å². The summed E-state index contributed by atoms with van der Waals surface area (Å²) in [5.74, 6) is 0.546. The fourth-order valence-electron chi connectivity index (χ4n) is 3.40. The lowest BCUT2D eigenvalue weighted by molar-refractivity contribution is -0.127. The summed E-state index contributed by atoms with van der Waals surface area (Å²) >= 11 is 0. The van der Waals surface area contributed by atoms with Gasteiger partial charge in [-0.1, -0.05) is 37.3 Å². The van der Waals surface area contributed by atoms with E-state index in [0.29, 0.717) is 19.1 Å². The Hall–Kier alpha value is -1.65. The van der Waals surface area contributed by atoms with Gasteiger partial charge in [0.2, 0.25) is 5.91 Å². The molecule has 2 atom stereocenters. The van der Waals surface area contributed by atoms with Crippen molar-refractivity contribution in [1.82, 2.24) is 10.2 Å². The number of methoxy groups -OCH3 is 1. The molecule has 0 radical (unpaired) electrons. The van der Waals surface area contributed by atoms with E-state index < -0.39 is 0 Å². The van der Waals surface area contributed by atoms with Crippen LogP contribution in [-0.2, 0) is 16.0 Å². The van der Waals surface area contributed by atoms with Crippen molar-refractivity contribution >= 4 is 5.91 Å². The van der Waals surface area contributed by atoms with Crippen LogP contribution in [0.2, 0.25) is 0 Å². The molecule has 1 saturated heterocycles. The van der Waals surface area contributed by atoms with E-state index in [0.717, 1.165) is 32.5 Å². The normalized spacial score (nSPS) is 21.4. The van der Waals surface area contributed by atoms with E-state index in [9.17, 15) is 4.79 Å². The number of likely N-dealkylation sites (tertiary alicyclic amines) is 1. The largest absolute Gasteiger partial charge is 0.383 e. The predicted molar refractivity (Wildman–Crippen MR) is 98.2 cm³/mol. The van der Waals surface area contributed by atoms with E-state index in [1.54, 1.807) is 7.11 Å². The molecule has 0 aromatic heterocycles. The summed E-state index contributed by atoms with van der Waals surface area (Å²) in [5.41, 5.74) is 2.68. The SMILES string of the molecule is C=CCN1CC(C(=O)NCCOC)CC(c2ccc(CC)cc2)C1. The number of carbonyl (C=O) groups excluding carboxylic acids is 1. The lowest BCUT2D eigenvalue weighted by Crippen LogP contribution is -2.46. The van der Waals surface area contributed by atoms with Crippen molar-refractivity contribution < 1.29 is 9.53 Å². The topological polar surface area (TPSA) is 41.6 Å². The van der Waals surface area contributed by atoms with E-state index in [1.165, 1.54) is 11.1 Å². The Kier molecular flexibility index (Phi) is 7.47. The lowest BCUT2D eigenvalue weighted by Gasteiger charge is -2.37. The van der Waals surface area contributed by atoms with Gasteiger partial charge in [0.05, 0.1) is 12.5 Å². The van der Waals surface area contributed by atoms with Crippen molar-refractivity contribution in [2.24, 2.45) is 5.92 Å². The summed E-state index contributed by atoms with van der Waals surface area (Å²) in [7, 11) is 1.65. The molecule has 1 aliphatic rings. The number of hydrogen-bond acceptors (Lipinski definition) is 3. The highest BCUT2D eigenvalue weighted by Gasteiger charge is 2.31. The van der Waals surface area contributed by atoms with Crippen molar-refractivity contribution in [2.45, 2.75) is 25.7 Å². The number of nitrogens with one attached hydrogen (secondary N) is 1. The zero-order valence-corrected chi connectivity index (χ0v) is 15.0. The van der Waals surface area contributed by atoms with Crippen LogP contribution in [0.15, 0.2) is 36.9 Å². The van der Waals surface area contributed by atoms with Crippen LogP contribution in [0.4, 0.5) is 0 Å². The van der Waals surface area contributed by atoms with E-state index in [2.05, 4.69) is 48.0 Å². The average molecular weight is 330 g/mol. The van der Waals surface area contributed by atoms with Crippen molar-refractivity contribution in [1.29, 1.82) is 0 Å².